The molecule has 0 aliphatic carbocycles. The van der Waals surface area contributed by atoms with Gasteiger partial charge in [0.1, 0.15) is 11.5 Å². The zero-order chi connectivity index (χ0) is 15.2. The van der Waals surface area contributed by atoms with Gasteiger partial charge in [-0.3, -0.25) is 12.9 Å². The average Bonchev–Trinajstić information content (AvgIpc) is 2.49. The van der Waals surface area contributed by atoms with Gasteiger partial charge in [-0.05, 0) is 24.3 Å². The molecule has 0 amide bonds. The number of methoxy groups -OCH3 is 2. The highest BCUT2D eigenvalue weighted by Gasteiger charge is 2.06. The molecular weight excluding hydrogens is 279 g/mol. The van der Waals surface area contributed by atoms with E-state index in [1.807, 2.05) is 60.7 Å². The van der Waals surface area contributed by atoms with Crippen molar-refractivity contribution < 1.29 is 22.4 Å². The van der Waals surface area contributed by atoms with E-state index in [1.165, 1.54) is 0 Å². The standard InChI is InChI=1S/2C7H8O.BF3.BH3/c2*1-8-7-5-3-2-4-6-7;2-1(3)4;/h2*2-6H,1H3;;1H3. The number of ether oxygens (including phenoxy) is 2. The molecule has 2 nitrogen and oxygen atoms in total. The Labute approximate surface area is 125 Å². The first kappa shape index (κ1) is 21.3. The van der Waals surface area contributed by atoms with E-state index in [2.05, 4.69) is 0 Å². The molecule has 0 atom stereocenters. The molecule has 0 unspecified atom stereocenters. The molecule has 21 heavy (non-hydrogen) atoms. The van der Waals surface area contributed by atoms with Crippen molar-refractivity contribution in [2.24, 2.45) is 0 Å². The molecule has 0 saturated carbocycles. The van der Waals surface area contributed by atoms with Crippen LogP contribution in [-0.2, 0) is 0 Å². The van der Waals surface area contributed by atoms with Gasteiger partial charge < -0.3 is 9.47 Å². The van der Waals surface area contributed by atoms with Crippen LogP contribution >= 0.6 is 0 Å². The maximum Gasteiger partial charge on any atom is 0.762 e. The van der Waals surface area contributed by atoms with E-state index in [0.717, 1.165) is 11.5 Å². The largest absolute Gasteiger partial charge is 0.762 e. The van der Waals surface area contributed by atoms with Crippen LogP contribution in [0.1, 0.15) is 0 Å². The molecule has 0 N–H and O–H groups in total. The molecule has 0 spiro atoms. The molecule has 0 aromatic heterocycles. The summed E-state index contributed by atoms with van der Waals surface area (Å²) in [4.78, 5) is 0. The smallest absolute Gasteiger partial charge is 0.497 e. The summed E-state index contributed by atoms with van der Waals surface area (Å²) in [6.07, 6.45) is 0. The molecule has 114 valence electrons. The van der Waals surface area contributed by atoms with Crippen molar-refractivity contribution in [2.75, 3.05) is 14.2 Å². The van der Waals surface area contributed by atoms with Crippen molar-refractivity contribution in [2.45, 2.75) is 0 Å². The summed E-state index contributed by atoms with van der Waals surface area (Å²) in [5, 5.41) is 0. The molecular formula is C14H19B2F3O2. The van der Waals surface area contributed by atoms with Gasteiger partial charge in [0.25, 0.3) is 0 Å². The quantitative estimate of drug-likeness (QED) is 0.793. The zero-order valence-electron chi connectivity index (χ0n) is 11.3. The van der Waals surface area contributed by atoms with Gasteiger partial charge in [0, 0.05) is 0 Å². The molecule has 0 fully saturated rings. The Hall–Kier alpha value is -2.04. The highest BCUT2D eigenvalue weighted by atomic mass is 19.4. The summed E-state index contributed by atoms with van der Waals surface area (Å²) in [7, 11) is -0.343. The number of halogens is 3. The van der Waals surface area contributed by atoms with Crippen molar-refractivity contribution in [3.63, 3.8) is 0 Å². The zero-order valence-corrected chi connectivity index (χ0v) is 11.3. The highest BCUT2D eigenvalue weighted by molar-refractivity contribution is 6.33. The first-order chi connectivity index (χ1) is 9.60. The summed E-state index contributed by atoms with van der Waals surface area (Å²) >= 11 is 0. The Morgan fingerprint density at radius 3 is 1.05 bits per heavy atom. The van der Waals surface area contributed by atoms with E-state index in [4.69, 9.17) is 9.47 Å². The van der Waals surface area contributed by atoms with Gasteiger partial charge in [-0.15, -0.1) is 0 Å². The highest BCUT2D eigenvalue weighted by Crippen LogP contribution is 2.06. The summed E-state index contributed by atoms with van der Waals surface area (Å²) in [6, 6.07) is 19.4. The van der Waals surface area contributed by atoms with E-state index in [9.17, 15) is 12.9 Å². The average molecular weight is 298 g/mol. The van der Waals surface area contributed by atoms with Gasteiger partial charge >= 0.3 is 7.54 Å². The summed E-state index contributed by atoms with van der Waals surface area (Å²) < 4.78 is 38.8. The van der Waals surface area contributed by atoms with Gasteiger partial charge in [0.2, 0.25) is 0 Å². The van der Waals surface area contributed by atoms with Crippen LogP contribution in [0.3, 0.4) is 0 Å². The Morgan fingerprint density at radius 2 is 0.905 bits per heavy atom. The van der Waals surface area contributed by atoms with Crippen LogP contribution in [0.25, 0.3) is 0 Å². The minimum Gasteiger partial charge on any atom is -0.497 e. The summed E-state index contributed by atoms with van der Waals surface area (Å²) in [5.41, 5.74) is 0. The number of hydrogen-bond acceptors (Lipinski definition) is 2. The van der Waals surface area contributed by atoms with Gasteiger partial charge in [-0.2, -0.15) is 0 Å². The fourth-order valence-electron chi connectivity index (χ4n) is 1.11. The summed E-state index contributed by atoms with van der Waals surface area (Å²) in [6.45, 7) is 0. The maximum absolute atomic E-state index is 9.67. The van der Waals surface area contributed by atoms with Crippen LogP contribution in [0.15, 0.2) is 60.7 Å². The van der Waals surface area contributed by atoms with Crippen molar-refractivity contribution >= 4 is 16.0 Å². The molecule has 0 bridgehead atoms. The Morgan fingerprint density at radius 1 is 0.667 bits per heavy atom. The molecule has 7 heteroatoms. The molecule has 0 aliphatic heterocycles. The number of para-hydroxylation sites is 2. The Balaban J connectivity index is 0. The lowest BCUT2D eigenvalue weighted by atomic mass is 10.3. The maximum atomic E-state index is 9.67. The molecule has 2 aromatic carbocycles. The minimum atomic E-state index is -3.67. The normalized spacial score (nSPS) is 7.86. The van der Waals surface area contributed by atoms with Crippen LogP contribution in [0.5, 0.6) is 11.5 Å². The molecule has 0 heterocycles. The van der Waals surface area contributed by atoms with E-state index in [-0.39, 0.29) is 8.41 Å². The van der Waals surface area contributed by atoms with E-state index in [0.29, 0.717) is 0 Å². The van der Waals surface area contributed by atoms with E-state index < -0.39 is 7.54 Å². The lowest BCUT2D eigenvalue weighted by Gasteiger charge is -1.93. The third kappa shape index (κ3) is 14.2. The van der Waals surface area contributed by atoms with E-state index >= 15 is 0 Å². The van der Waals surface area contributed by atoms with Crippen molar-refractivity contribution in [1.82, 2.24) is 0 Å². The Kier molecular flexibility index (Phi) is 14.5. The lowest BCUT2D eigenvalue weighted by Crippen LogP contribution is -1.78. The molecule has 0 aliphatic rings. The molecule has 0 saturated heterocycles. The van der Waals surface area contributed by atoms with Crippen LogP contribution < -0.4 is 9.47 Å². The van der Waals surface area contributed by atoms with Gasteiger partial charge in [-0.1, -0.05) is 36.4 Å². The molecule has 2 aromatic rings. The third-order valence-electron chi connectivity index (χ3n) is 1.96. The van der Waals surface area contributed by atoms with Crippen LogP contribution in [0.2, 0.25) is 0 Å². The van der Waals surface area contributed by atoms with Gasteiger partial charge in [0.15, 0.2) is 0 Å². The molecule has 2 rings (SSSR count). The van der Waals surface area contributed by atoms with Crippen LogP contribution in [-0.4, -0.2) is 30.2 Å². The second-order valence-corrected chi connectivity index (χ2v) is 3.28. The van der Waals surface area contributed by atoms with Crippen molar-refractivity contribution in [1.29, 1.82) is 0 Å². The predicted octanol–water partition coefficient (Wildman–Crippen LogP) is 3.09. The van der Waals surface area contributed by atoms with Gasteiger partial charge in [0.05, 0.1) is 22.6 Å². The lowest BCUT2D eigenvalue weighted by molar-refractivity contribution is 0.414. The Bertz CT molecular complexity index is 388. The SMILES string of the molecule is B.COc1ccccc1.COc1ccccc1.FB(F)F. The predicted molar refractivity (Wildman–Crippen MR) is 85.0 cm³/mol. The monoisotopic (exact) mass is 298 g/mol. The summed E-state index contributed by atoms with van der Waals surface area (Å²) in [5.74, 6) is 1.82. The van der Waals surface area contributed by atoms with Crippen molar-refractivity contribution in [3.8, 4) is 11.5 Å². The number of hydrogen-bond donors (Lipinski definition) is 0. The number of benzene rings is 2. The van der Waals surface area contributed by atoms with Crippen LogP contribution in [0.4, 0.5) is 12.9 Å². The van der Waals surface area contributed by atoms with Crippen LogP contribution in [0, 0.1) is 0 Å². The first-order valence-corrected chi connectivity index (χ1v) is 5.70. The van der Waals surface area contributed by atoms with E-state index in [1.54, 1.807) is 14.2 Å². The third-order valence-corrected chi connectivity index (χ3v) is 1.96. The van der Waals surface area contributed by atoms with Gasteiger partial charge in [-0.25, -0.2) is 0 Å². The topological polar surface area (TPSA) is 18.5 Å². The van der Waals surface area contributed by atoms with Crippen molar-refractivity contribution in [3.05, 3.63) is 60.7 Å². The number of rotatable bonds is 2. The minimum absolute atomic E-state index is 0. The second-order valence-electron chi connectivity index (χ2n) is 3.28. The fourth-order valence-corrected chi connectivity index (χ4v) is 1.11. The first-order valence-electron chi connectivity index (χ1n) is 5.70. The second kappa shape index (κ2) is 14.4. The fraction of sp³-hybridized carbons (Fsp3) is 0.143. The molecule has 0 radical (unpaired) electrons.